The predicted octanol–water partition coefficient (Wildman–Crippen LogP) is 3.31. The maximum Gasteiger partial charge on any atom is 0.0870 e. The number of thiocarbonyl (C=S) groups is 1. The van der Waals surface area contributed by atoms with Crippen molar-refractivity contribution in [2.45, 2.75) is 46.2 Å². The Hall–Kier alpha value is -0.930. The van der Waals surface area contributed by atoms with Gasteiger partial charge in [0.25, 0.3) is 0 Å². The standard InChI is InChI=1S/C15H24N2S/c1-11(2)14-7-5-13(6-8-14)9-17(12(3)4)10-15(16)18/h5-8,11-12H,9-10H2,1-4H3,(H2,16,18). The Labute approximate surface area is 116 Å². The molecule has 18 heavy (non-hydrogen) atoms. The molecule has 1 aromatic carbocycles. The summed E-state index contributed by atoms with van der Waals surface area (Å²) >= 11 is 5.00. The SMILES string of the molecule is CC(C)c1ccc(CN(CC(N)=S)C(C)C)cc1. The smallest absolute Gasteiger partial charge is 0.0870 e. The lowest BCUT2D eigenvalue weighted by Crippen LogP contribution is -2.37. The fourth-order valence-corrected chi connectivity index (χ4v) is 2.03. The molecule has 1 rings (SSSR count). The van der Waals surface area contributed by atoms with Gasteiger partial charge in [0.15, 0.2) is 0 Å². The molecule has 0 aromatic heterocycles. The second-order valence-electron chi connectivity index (χ2n) is 5.36. The van der Waals surface area contributed by atoms with Crippen LogP contribution >= 0.6 is 12.2 Å². The van der Waals surface area contributed by atoms with Crippen molar-refractivity contribution in [3.05, 3.63) is 35.4 Å². The van der Waals surface area contributed by atoms with Crippen molar-refractivity contribution < 1.29 is 0 Å². The summed E-state index contributed by atoms with van der Waals surface area (Å²) in [7, 11) is 0. The van der Waals surface area contributed by atoms with E-state index in [1.807, 2.05) is 0 Å². The van der Waals surface area contributed by atoms with Crippen LogP contribution in [0.1, 0.15) is 44.7 Å². The van der Waals surface area contributed by atoms with Crippen molar-refractivity contribution in [3.63, 3.8) is 0 Å². The second-order valence-corrected chi connectivity index (χ2v) is 5.89. The molecular formula is C15H24N2S. The third kappa shape index (κ3) is 4.75. The summed E-state index contributed by atoms with van der Waals surface area (Å²) in [6, 6.07) is 9.25. The first-order chi connectivity index (χ1) is 8.40. The van der Waals surface area contributed by atoms with Crippen LogP contribution in [0.2, 0.25) is 0 Å². The van der Waals surface area contributed by atoms with Gasteiger partial charge < -0.3 is 5.73 Å². The minimum absolute atomic E-state index is 0.441. The summed E-state index contributed by atoms with van der Waals surface area (Å²) in [5.74, 6) is 0.580. The Kier molecular flexibility index (Phi) is 5.76. The van der Waals surface area contributed by atoms with Crippen LogP contribution in [0.5, 0.6) is 0 Å². The van der Waals surface area contributed by atoms with E-state index in [0.29, 0.717) is 23.5 Å². The fraction of sp³-hybridized carbons (Fsp3) is 0.533. The number of hydrogen-bond acceptors (Lipinski definition) is 2. The van der Waals surface area contributed by atoms with E-state index >= 15 is 0 Å². The van der Waals surface area contributed by atoms with Crippen molar-refractivity contribution >= 4 is 17.2 Å². The van der Waals surface area contributed by atoms with Crippen molar-refractivity contribution in [3.8, 4) is 0 Å². The van der Waals surface area contributed by atoms with Gasteiger partial charge in [-0.1, -0.05) is 50.3 Å². The highest BCUT2D eigenvalue weighted by Gasteiger charge is 2.11. The number of nitrogens with zero attached hydrogens (tertiary/aromatic N) is 1. The normalized spacial score (nSPS) is 11.5. The van der Waals surface area contributed by atoms with E-state index in [1.54, 1.807) is 0 Å². The lowest BCUT2D eigenvalue weighted by atomic mass is 10.0. The van der Waals surface area contributed by atoms with E-state index < -0.39 is 0 Å². The maximum atomic E-state index is 5.64. The minimum atomic E-state index is 0.441. The third-order valence-electron chi connectivity index (χ3n) is 3.12. The van der Waals surface area contributed by atoms with Crippen LogP contribution in [0.3, 0.4) is 0 Å². The Morgan fingerprint density at radius 3 is 2.11 bits per heavy atom. The summed E-state index contributed by atoms with van der Waals surface area (Å²) in [6.45, 7) is 10.3. The van der Waals surface area contributed by atoms with E-state index in [1.165, 1.54) is 11.1 Å². The highest BCUT2D eigenvalue weighted by Crippen LogP contribution is 2.16. The maximum absolute atomic E-state index is 5.64. The Balaban J connectivity index is 2.72. The van der Waals surface area contributed by atoms with Gasteiger partial charge in [-0.15, -0.1) is 0 Å². The molecule has 0 saturated carbocycles. The van der Waals surface area contributed by atoms with Gasteiger partial charge in [0.05, 0.1) is 4.99 Å². The van der Waals surface area contributed by atoms with Gasteiger partial charge in [0.1, 0.15) is 0 Å². The largest absolute Gasteiger partial charge is 0.392 e. The second kappa shape index (κ2) is 6.86. The molecule has 0 bridgehead atoms. The molecule has 0 atom stereocenters. The first-order valence-corrected chi connectivity index (χ1v) is 6.92. The van der Waals surface area contributed by atoms with Gasteiger partial charge in [-0.3, -0.25) is 4.90 Å². The lowest BCUT2D eigenvalue weighted by Gasteiger charge is -2.26. The molecule has 2 N–H and O–H groups in total. The first-order valence-electron chi connectivity index (χ1n) is 6.51. The molecule has 3 heteroatoms. The molecule has 2 nitrogen and oxygen atoms in total. The molecule has 0 saturated heterocycles. The molecule has 0 heterocycles. The van der Waals surface area contributed by atoms with Gasteiger partial charge in [-0.05, 0) is 30.9 Å². The van der Waals surface area contributed by atoms with Crippen LogP contribution in [-0.2, 0) is 6.54 Å². The van der Waals surface area contributed by atoms with Crippen LogP contribution in [0.15, 0.2) is 24.3 Å². The minimum Gasteiger partial charge on any atom is -0.392 e. The quantitative estimate of drug-likeness (QED) is 0.799. The van der Waals surface area contributed by atoms with Crippen molar-refractivity contribution in [2.24, 2.45) is 5.73 Å². The van der Waals surface area contributed by atoms with Gasteiger partial charge in [0.2, 0.25) is 0 Å². The van der Waals surface area contributed by atoms with E-state index in [-0.39, 0.29) is 0 Å². The molecule has 0 fully saturated rings. The molecule has 0 amide bonds. The topological polar surface area (TPSA) is 29.3 Å². The summed E-state index contributed by atoms with van der Waals surface area (Å²) in [4.78, 5) is 2.84. The van der Waals surface area contributed by atoms with Gasteiger partial charge >= 0.3 is 0 Å². The molecule has 0 radical (unpaired) electrons. The van der Waals surface area contributed by atoms with E-state index in [0.717, 1.165) is 6.54 Å². The van der Waals surface area contributed by atoms with E-state index in [9.17, 15) is 0 Å². The van der Waals surface area contributed by atoms with Gasteiger partial charge in [0, 0.05) is 19.1 Å². The monoisotopic (exact) mass is 264 g/mol. The van der Waals surface area contributed by atoms with Gasteiger partial charge in [-0.25, -0.2) is 0 Å². The van der Waals surface area contributed by atoms with Crippen molar-refractivity contribution in [1.29, 1.82) is 0 Å². The van der Waals surface area contributed by atoms with Crippen LogP contribution < -0.4 is 5.73 Å². The Morgan fingerprint density at radius 2 is 1.72 bits per heavy atom. The average molecular weight is 264 g/mol. The number of nitrogens with two attached hydrogens (primary N) is 1. The van der Waals surface area contributed by atoms with E-state index in [2.05, 4.69) is 56.9 Å². The molecule has 1 aromatic rings. The first kappa shape index (κ1) is 15.1. The summed E-state index contributed by atoms with van der Waals surface area (Å²) in [5, 5.41) is 0. The molecule has 0 unspecified atom stereocenters. The number of hydrogen-bond donors (Lipinski definition) is 1. The molecular weight excluding hydrogens is 240 g/mol. The molecule has 0 aliphatic heterocycles. The predicted molar refractivity (Wildman–Crippen MR) is 82.9 cm³/mol. The zero-order chi connectivity index (χ0) is 13.7. The molecule has 0 aliphatic rings. The summed E-state index contributed by atoms with van der Waals surface area (Å²) in [5.41, 5.74) is 8.33. The zero-order valence-corrected chi connectivity index (χ0v) is 12.6. The highest BCUT2D eigenvalue weighted by atomic mass is 32.1. The lowest BCUT2D eigenvalue weighted by molar-refractivity contribution is 0.245. The van der Waals surface area contributed by atoms with Gasteiger partial charge in [-0.2, -0.15) is 0 Å². The van der Waals surface area contributed by atoms with E-state index in [4.69, 9.17) is 18.0 Å². The van der Waals surface area contributed by atoms with Crippen molar-refractivity contribution in [2.75, 3.05) is 6.54 Å². The molecule has 0 spiro atoms. The Bertz CT molecular complexity index is 382. The number of benzene rings is 1. The Morgan fingerprint density at radius 1 is 1.17 bits per heavy atom. The molecule has 0 aliphatic carbocycles. The fourth-order valence-electron chi connectivity index (χ4n) is 1.86. The van der Waals surface area contributed by atoms with Crippen LogP contribution in [-0.4, -0.2) is 22.5 Å². The third-order valence-corrected chi connectivity index (χ3v) is 3.25. The van der Waals surface area contributed by atoms with Crippen molar-refractivity contribution in [1.82, 2.24) is 4.90 Å². The average Bonchev–Trinajstić information content (AvgIpc) is 2.28. The number of rotatable bonds is 6. The van der Waals surface area contributed by atoms with Crippen LogP contribution in [0.25, 0.3) is 0 Å². The van der Waals surface area contributed by atoms with Crippen LogP contribution in [0, 0.1) is 0 Å². The highest BCUT2D eigenvalue weighted by molar-refractivity contribution is 7.80. The summed E-state index contributed by atoms with van der Waals surface area (Å²) < 4.78 is 0. The van der Waals surface area contributed by atoms with Crippen LogP contribution in [0.4, 0.5) is 0 Å². The summed E-state index contributed by atoms with van der Waals surface area (Å²) in [6.07, 6.45) is 0. The molecule has 100 valence electrons. The zero-order valence-electron chi connectivity index (χ0n) is 11.8.